The molecular weight excluding hydrogens is 636 g/mol. The van der Waals surface area contributed by atoms with Gasteiger partial charge in [-0.2, -0.15) is 13.2 Å². The van der Waals surface area contributed by atoms with Gasteiger partial charge in [0.25, 0.3) is 0 Å². The van der Waals surface area contributed by atoms with Crippen molar-refractivity contribution < 1.29 is 27.4 Å². The van der Waals surface area contributed by atoms with Crippen LogP contribution in [0.1, 0.15) is 40.2 Å². The molecule has 10 heteroatoms. The number of hydrogen-bond donors (Lipinski definition) is 0. The Balaban J connectivity index is 1.32. The highest BCUT2D eigenvalue weighted by Crippen LogP contribution is 2.31. The number of ether oxygens (including phenoxy) is 2. The molecule has 0 aliphatic heterocycles. The minimum atomic E-state index is -4.18. The first-order chi connectivity index (χ1) is 22.1. The number of aromatic nitrogens is 2. The summed E-state index contributed by atoms with van der Waals surface area (Å²) in [4.78, 5) is 16.7. The number of halogens is 5. The lowest BCUT2D eigenvalue weighted by molar-refractivity contribution is -0.136. The number of imidazole rings is 1. The zero-order valence-electron chi connectivity index (χ0n) is 24.7. The van der Waals surface area contributed by atoms with Gasteiger partial charge in [-0.25, -0.2) is 9.78 Å². The SMILES string of the molecule is COC(=O)c1ccc(Cn2cc(-c3ccc(Cl)cc3Cl)nc2C=Cc2ccc(-c3ccc(OCCCC(F)(F)F)cc3)cc2)cc1. The van der Waals surface area contributed by atoms with Gasteiger partial charge in [0, 0.05) is 29.7 Å². The molecule has 4 aromatic carbocycles. The molecule has 0 aliphatic carbocycles. The lowest BCUT2D eigenvalue weighted by Gasteiger charge is -2.09. The van der Waals surface area contributed by atoms with E-state index in [2.05, 4.69) is 0 Å². The second-order valence-electron chi connectivity index (χ2n) is 10.5. The van der Waals surface area contributed by atoms with E-state index in [0.29, 0.717) is 39.4 Å². The van der Waals surface area contributed by atoms with Crippen LogP contribution in [0.15, 0.2) is 97.2 Å². The second-order valence-corrected chi connectivity index (χ2v) is 11.3. The zero-order valence-corrected chi connectivity index (χ0v) is 26.2. The third kappa shape index (κ3) is 8.80. The Bertz CT molecular complexity index is 1820. The number of carbonyl (C=O) groups is 1. The molecule has 5 aromatic rings. The highest BCUT2D eigenvalue weighted by molar-refractivity contribution is 6.36. The van der Waals surface area contributed by atoms with E-state index in [1.54, 1.807) is 36.4 Å². The Morgan fingerprint density at radius 1 is 0.891 bits per heavy atom. The first-order valence-electron chi connectivity index (χ1n) is 14.4. The first kappa shape index (κ1) is 32.9. The van der Waals surface area contributed by atoms with Crippen LogP contribution in [-0.4, -0.2) is 35.4 Å². The van der Waals surface area contributed by atoms with Crippen molar-refractivity contribution in [3.63, 3.8) is 0 Å². The van der Waals surface area contributed by atoms with Gasteiger partial charge in [0.15, 0.2) is 0 Å². The Morgan fingerprint density at radius 3 is 2.20 bits per heavy atom. The maximum Gasteiger partial charge on any atom is 0.389 e. The van der Waals surface area contributed by atoms with E-state index in [1.807, 2.05) is 77.5 Å². The molecule has 0 spiro atoms. The molecule has 0 fully saturated rings. The first-order valence-corrected chi connectivity index (χ1v) is 15.1. The molecule has 5 nitrogen and oxygen atoms in total. The highest BCUT2D eigenvalue weighted by Gasteiger charge is 2.26. The minimum absolute atomic E-state index is 0.00797. The summed E-state index contributed by atoms with van der Waals surface area (Å²) >= 11 is 12.6. The molecule has 0 amide bonds. The number of rotatable bonds is 11. The molecule has 1 aromatic heterocycles. The van der Waals surface area contributed by atoms with Crippen molar-refractivity contribution in [3.05, 3.63) is 130 Å². The summed E-state index contributed by atoms with van der Waals surface area (Å²) in [6.07, 6.45) is 0.698. The number of esters is 1. The van der Waals surface area contributed by atoms with Gasteiger partial charge in [0.2, 0.25) is 0 Å². The van der Waals surface area contributed by atoms with E-state index in [0.717, 1.165) is 27.8 Å². The molecule has 0 atom stereocenters. The predicted molar refractivity (Wildman–Crippen MR) is 176 cm³/mol. The third-order valence-electron chi connectivity index (χ3n) is 7.14. The average molecular weight is 666 g/mol. The summed E-state index contributed by atoms with van der Waals surface area (Å²) in [6.45, 7) is 0.508. The molecule has 0 N–H and O–H groups in total. The van der Waals surface area contributed by atoms with Gasteiger partial charge in [0.1, 0.15) is 11.6 Å². The molecule has 46 heavy (non-hydrogen) atoms. The largest absolute Gasteiger partial charge is 0.494 e. The molecule has 1 heterocycles. The highest BCUT2D eigenvalue weighted by atomic mass is 35.5. The zero-order chi connectivity index (χ0) is 32.7. The summed E-state index contributed by atoms with van der Waals surface area (Å²) in [5, 5.41) is 1.03. The van der Waals surface area contributed by atoms with Crippen LogP contribution in [0, 0.1) is 0 Å². The fourth-order valence-electron chi connectivity index (χ4n) is 4.74. The van der Waals surface area contributed by atoms with Gasteiger partial charge < -0.3 is 14.0 Å². The standard InChI is InChI=1S/C36H29Cl2F3N2O3/c1-45-35(44)28-10-5-25(6-11-28)22-43-23-33(31-17-14-29(37)21-32(31)38)42-34(43)18-7-24-3-8-26(9-4-24)27-12-15-30(16-13-27)46-20-2-19-36(39,40)41/h3-18,21,23H,2,19-20,22H2,1H3. The number of alkyl halides is 3. The molecule has 0 saturated carbocycles. The topological polar surface area (TPSA) is 53.4 Å². The van der Waals surface area contributed by atoms with Crippen molar-refractivity contribution in [2.24, 2.45) is 0 Å². The van der Waals surface area contributed by atoms with Gasteiger partial charge in [-0.15, -0.1) is 0 Å². The monoisotopic (exact) mass is 664 g/mol. The van der Waals surface area contributed by atoms with Crippen molar-refractivity contribution in [1.29, 1.82) is 0 Å². The van der Waals surface area contributed by atoms with Gasteiger partial charge >= 0.3 is 12.1 Å². The molecule has 0 bridgehead atoms. The van der Waals surface area contributed by atoms with E-state index in [1.165, 1.54) is 7.11 Å². The van der Waals surface area contributed by atoms with Crippen molar-refractivity contribution in [3.8, 4) is 28.1 Å². The van der Waals surface area contributed by atoms with E-state index < -0.39 is 18.6 Å². The van der Waals surface area contributed by atoms with Crippen molar-refractivity contribution >= 4 is 41.3 Å². The number of carbonyl (C=O) groups excluding carboxylic acids is 1. The maximum atomic E-state index is 12.3. The van der Waals surface area contributed by atoms with Crippen LogP contribution < -0.4 is 4.74 Å². The molecule has 0 aliphatic rings. The fraction of sp³-hybridized carbons (Fsp3) is 0.167. The second kappa shape index (κ2) is 14.7. The Labute approximate surface area is 274 Å². The van der Waals surface area contributed by atoms with E-state index in [4.69, 9.17) is 37.7 Å². The summed E-state index contributed by atoms with van der Waals surface area (Å²) in [7, 11) is 1.35. The van der Waals surface area contributed by atoms with Crippen LogP contribution in [0.5, 0.6) is 5.75 Å². The van der Waals surface area contributed by atoms with Crippen LogP contribution in [0.2, 0.25) is 10.0 Å². The van der Waals surface area contributed by atoms with Crippen molar-refractivity contribution in [2.75, 3.05) is 13.7 Å². The van der Waals surface area contributed by atoms with Gasteiger partial charge in [-0.05, 0) is 77.2 Å². The number of hydrogen-bond acceptors (Lipinski definition) is 4. The van der Waals surface area contributed by atoms with E-state index in [9.17, 15) is 18.0 Å². The predicted octanol–water partition coefficient (Wildman–Crippen LogP) is 10.3. The van der Waals surface area contributed by atoms with Crippen molar-refractivity contribution in [2.45, 2.75) is 25.6 Å². The van der Waals surface area contributed by atoms with Crippen LogP contribution in [0.4, 0.5) is 13.2 Å². The molecular formula is C36H29Cl2F3N2O3. The average Bonchev–Trinajstić information content (AvgIpc) is 3.44. The molecule has 0 unspecified atom stereocenters. The fourth-order valence-corrected chi connectivity index (χ4v) is 5.25. The number of nitrogens with zero attached hydrogens (tertiary/aromatic N) is 2. The van der Waals surface area contributed by atoms with Crippen LogP contribution in [0.3, 0.4) is 0 Å². The quantitative estimate of drug-likeness (QED) is 0.104. The number of benzene rings is 4. The molecule has 0 saturated heterocycles. The van der Waals surface area contributed by atoms with Crippen LogP contribution in [0.25, 0.3) is 34.5 Å². The Morgan fingerprint density at radius 2 is 1.57 bits per heavy atom. The van der Waals surface area contributed by atoms with Crippen molar-refractivity contribution in [1.82, 2.24) is 9.55 Å². The summed E-state index contributed by atoms with van der Waals surface area (Å²) in [6, 6.07) is 27.7. The lowest BCUT2D eigenvalue weighted by atomic mass is 10.0. The van der Waals surface area contributed by atoms with Gasteiger partial charge in [0.05, 0.1) is 30.0 Å². The third-order valence-corrected chi connectivity index (χ3v) is 7.69. The van der Waals surface area contributed by atoms with E-state index >= 15 is 0 Å². The van der Waals surface area contributed by atoms with Crippen LogP contribution in [-0.2, 0) is 11.3 Å². The maximum absolute atomic E-state index is 12.3. The Hall–Kier alpha value is -4.53. The summed E-state index contributed by atoms with van der Waals surface area (Å²) in [5.41, 5.74) is 5.78. The summed E-state index contributed by atoms with van der Waals surface area (Å²) < 4.78 is 49.2. The van der Waals surface area contributed by atoms with E-state index in [-0.39, 0.29) is 13.0 Å². The Kier molecular flexibility index (Phi) is 10.5. The normalized spacial score (nSPS) is 11.6. The lowest BCUT2D eigenvalue weighted by Crippen LogP contribution is -2.09. The minimum Gasteiger partial charge on any atom is -0.494 e. The van der Waals surface area contributed by atoms with Gasteiger partial charge in [-0.1, -0.05) is 77.8 Å². The number of methoxy groups -OCH3 is 1. The van der Waals surface area contributed by atoms with Gasteiger partial charge in [-0.3, -0.25) is 0 Å². The summed E-state index contributed by atoms with van der Waals surface area (Å²) in [5.74, 6) is 0.834. The molecule has 0 radical (unpaired) electrons. The molecule has 5 rings (SSSR count). The molecule has 236 valence electrons. The smallest absolute Gasteiger partial charge is 0.389 e. The van der Waals surface area contributed by atoms with Crippen LogP contribution >= 0.6 is 23.2 Å².